The third kappa shape index (κ3) is 3.37. The molecule has 0 saturated heterocycles. The van der Waals surface area contributed by atoms with E-state index < -0.39 is 7.92 Å². The normalized spacial score (nSPS) is 10.8. The molecular weight excluding hydrogens is 343 g/mol. The number of ether oxygens (including phenoxy) is 1. The predicted molar refractivity (Wildman–Crippen MR) is 105 cm³/mol. The van der Waals surface area contributed by atoms with E-state index in [0.717, 1.165) is 11.3 Å². The van der Waals surface area contributed by atoms with Crippen LogP contribution in [0.3, 0.4) is 0 Å². The summed E-state index contributed by atoms with van der Waals surface area (Å²) >= 11 is 0. The third-order valence-corrected chi connectivity index (χ3v) is 6.16. The Morgan fingerprint density at radius 3 is 1.85 bits per heavy atom. The van der Waals surface area contributed by atoms with Crippen LogP contribution in [0.2, 0.25) is 0 Å². The molecule has 128 valence electrons. The molecule has 5 heteroatoms. The Hall–Kier alpha value is -2.97. The van der Waals surface area contributed by atoms with Gasteiger partial charge in [0, 0.05) is 13.5 Å². The Labute approximate surface area is 153 Å². The van der Waals surface area contributed by atoms with Crippen molar-refractivity contribution in [2.45, 2.75) is 0 Å². The fraction of sp³-hybridized carbons (Fsp3) is 0.0476. The van der Waals surface area contributed by atoms with Crippen molar-refractivity contribution in [1.29, 1.82) is 0 Å². The highest BCUT2D eigenvalue weighted by Gasteiger charge is 2.23. The van der Waals surface area contributed by atoms with Gasteiger partial charge < -0.3 is 9.15 Å². The lowest BCUT2D eigenvalue weighted by atomic mass is 10.2. The van der Waals surface area contributed by atoms with Gasteiger partial charge in [0.25, 0.3) is 0 Å². The van der Waals surface area contributed by atoms with Crippen molar-refractivity contribution in [2.75, 3.05) is 7.11 Å². The maximum atomic E-state index is 6.08. The zero-order valence-corrected chi connectivity index (χ0v) is 15.1. The van der Waals surface area contributed by atoms with Crippen LogP contribution in [0, 0.1) is 0 Å². The maximum absolute atomic E-state index is 6.08. The molecule has 0 aliphatic carbocycles. The summed E-state index contributed by atoms with van der Waals surface area (Å²) in [5, 5.41) is 11.0. The first-order valence-electron chi connectivity index (χ1n) is 8.23. The molecule has 4 rings (SSSR count). The second-order valence-corrected chi connectivity index (χ2v) is 7.71. The summed E-state index contributed by atoms with van der Waals surface area (Å²) in [5.41, 5.74) is 1.52. The van der Waals surface area contributed by atoms with E-state index in [1.54, 1.807) is 7.11 Å². The minimum absolute atomic E-state index is 0.516. The Morgan fingerprint density at radius 2 is 1.31 bits per heavy atom. The highest BCUT2D eigenvalue weighted by molar-refractivity contribution is 7.79. The van der Waals surface area contributed by atoms with E-state index in [9.17, 15) is 0 Å². The molecule has 0 spiro atoms. The summed E-state index contributed by atoms with van der Waals surface area (Å²) in [4.78, 5) is 0. The molecule has 0 aliphatic rings. The van der Waals surface area contributed by atoms with Crippen molar-refractivity contribution in [3.05, 3.63) is 84.9 Å². The molecule has 3 aromatic carbocycles. The van der Waals surface area contributed by atoms with Crippen LogP contribution in [0.4, 0.5) is 0 Å². The number of nitrogens with zero attached hydrogens (tertiary/aromatic N) is 2. The summed E-state index contributed by atoms with van der Waals surface area (Å²) in [6, 6.07) is 28.2. The van der Waals surface area contributed by atoms with Gasteiger partial charge in [-0.1, -0.05) is 60.7 Å². The monoisotopic (exact) mass is 360 g/mol. The average molecular weight is 360 g/mol. The number of hydrogen-bond acceptors (Lipinski definition) is 4. The zero-order chi connectivity index (χ0) is 17.8. The molecule has 0 aliphatic heterocycles. The van der Waals surface area contributed by atoms with Crippen LogP contribution in [0.1, 0.15) is 0 Å². The van der Waals surface area contributed by atoms with Crippen LogP contribution in [-0.4, -0.2) is 17.3 Å². The van der Waals surface area contributed by atoms with Gasteiger partial charge in [-0.05, 0) is 34.9 Å². The van der Waals surface area contributed by atoms with Crippen LogP contribution in [0.5, 0.6) is 5.75 Å². The quantitative estimate of drug-likeness (QED) is 0.511. The molecule has 0 fully saturated rings. The van der Waals surface area contributed by atoms with Gasteiger partial charge in [0.1, 0.15) is 5.75 Å². The molecule has 4 aromatic rings. The van der Waals surface area contributed by atoms with Crippen LogP contribution in [0.25, 0.3) is 11.5 Å². The lowest BCUT2D eigenvalue weighted by molar-refractivity contribution is 0.415. The summed E-state index contributed by atoms with van der Waals surface area (Å²) in [7, 11) is 0.756. The summed E-state index contributed by atoms with van der Waals surface area (Å²) in [5.74, 6) is 1.31. The second-order valence-electron chi connectivity index (χ2n) is 5.62. The molecule has 1 heterocycles. The van der Waals surface area contributed by atoms with Gasteiger partial charge in [-0.3, -0.25) is 0 Å². The molecule has 0 radical (unpaired) electrons. The van der Waals surface area contributed by atoms with Crippen LogP contribution in [0.15, 0.2) is 89.3 Å². The third-order valence-electron chi connectivity index (χ3n) is 3.97. The van der Waals surface area contributed by atoms with Gasteiger partial charge in [-0.2, -0.15) is 0 Å². The van der Waals surface area contributed by atoms with E-state index in [1.807, 2.05) is 60.7 Å². The first kappa shape index (κ1) is 16.5. The highest BCUT2D eigenvalue weighted by Crippen LogP contribution is 2.33. The van der Waals surface area contributed by atoms with Crippen molar-refractivity contribution >= 4 is 24.2 Å². The smallest absolute Gasteiger partial charge is 0.248 e. The molecule has 26 heavy (non-hydrogen) atoms. The van der Waals surface area contributed by atoms with Crippen molar-refractivity contribution < 1.29 is 9.15 Å². The Bertz CT molecular complexity index is 930. The van der Waals surface area contributed by atoms with Gasteiger partial charge in [0.2, 0.25) is 11.5 Å². The fourth-order valence-corrected chi connectivity index (χ4v) is 4.67. The first-order chi connectivity index (χ1) is 12.8. The first-order valence-corrected chi connectivity index (χ1v) is 9.57. The highest BCUT2D eigenvalue weighted by atomic mass is 31.1. The summed E-state index contributed by atoms with van der Waals surface area (Å²) in [6.45, 7) is 0. The molecule has 0 unspecified atom stereocenters. The number of methoxy groups -OCH3 is 1. The van der Waals surface area contributed by atoms with Gasteiger partial charge >= 0.3 is 0 Å². The molecule has 4 nitrogen and oxygen atoms in total. The Balaban J connectivity index is 1.74. The molecule has 0 amide bonds. The lowest BCUT2D eigenvalue weighted by Crippen LogP contribution is -2.21. The molecule has 0 atom stereocenters. The van der Waals surface area contributed by atoms with E-state index in [2.05, 4.69) is 34.5 Å². The van der Waals surface area contributed by atoms with Crippen LogP contribution >= 0.6 is 7.92 Å². The summed E-state index contributed by atoms with van der Waals surface area (Å²) in [6.07, 6.45) is 0. The number of hydrogen-bond donors (Lipinski definition) is 0. The minimum Gasteiger partial charge on any atom is -0.497 e. The fourth-order valence-electron chi connectivity index (χ4n) is 2.68. The molecule has 0 saturated carbocycles. The van der Waals surface area contributed by atoms with Gasteiger partial charge in [0.15, 0.2) is 0 Å². The Morgan fingerprint density at radius 1 is 0.731 bits per heavy atom. The number of benzene rings is 3. The van der Waals surface area contributed by atoms with Gasteiger partial charge in [-0.15, -0.1) is 10.2 Å². The standard InChI is InChI=1S/C21H17N2O2P/c1-24-17-14-12-16(13-15-17)20-22-23-21(25-20)26(18-8-4-2-5-9-18)19-10-6-3-7-11-19/h2-15H,1H3. The van der Waals surface area contributed by atoms with Gasteiger partial charge in [0.05, 0.1) is 7.11 Å². The number of rotatable bonds is 5. The average Bonchev–Trinajstić information content (AvgIpc) is 3.19. The topological polar surface area (TPSA) is 48.2 Å². The van der Waals surface area contributed by atoms with Crippen LogP contribution in [-0.2, 0) is 0 Å². The molecule has 0 bridgehead atoms. The molecular formula is C21H17N2O2P. The van der Waals surface area contributed by atoms with Crippen molar-refractivity contribution in [2.24, 2.45) is 0 Å². The zero-order valence-electron chi connectivity index (χ0n) is 14.2. The SMILES string of the molecule is COc1ccc(-c2nnc(P(c3ccccc3)c3ccccc3)o2)cc1. The maximum Gasteiger partial charge on any atom is 0.248 e. The van der Waals surface area contributed by atoms with Crippen LogP contribution < -0.4 is 21.0 Å². The van der Waals surface area contributed by atoms with E-state index in [-0.39, 0.29) is 0 Å². The molecule has 1 aromatic heterocycles. The predicted octanol–water partition coefficient (Wildman–Crippen LogP) is 3.50. The largest absolute Gasteiger partial charge is 0.497 e. The minimum atomic E-state index is -0.890. The molecule has 0 N–H and O–H groups in total. The van der Waals surface area contributed by atoms with Crippen molar-refractivity contribution in [1.82, 2.24) is 10.2 Å². The van der Waals surface area contributed by atoms with Gasteiger partial charge in [-0.25, -0.2) is 0 Å². The Kier molecular flexibility index (Phi) is 4.76. The summed E-state index contributed by atoms with van der Waals surface area (Å²) < 4.78 is 11.3. The number of aromatic nitrogens is 2. The van der Waals surface area contributed by atoms with Crippen molar-refractivity contribution in [3.8, 4) is 17.2 Å². The van der Waals surface area contributed by atoms with E-state index in [0.29, 0.717) is 11.5 Å². The lowest BCUT2D eigenvalue weighted by Gasteiger charge is -2.14. The van der Waals surface area contributed by atoms with E-state index in [1.165, 1.54) is 10.6 Å². The van der Waals surface area contributed by atoms with Crippen molar-refractivity contribution in [3.63, 3.8) is 0 Å². The van der Waals surface area contributed by atoms with E-state index >= 15 is 0 Å². The second kappa shape index (κ2) is 7.51. The van der Waals surface area contributed by atoms with E-state index in [4.69, 9.17) is 9.15 Å².